The number of rotatable bonds is 8. The van der Waals surface area contributed by atoms with E-state index in [4.69, 9.17) is 0 Å². The molecule has 7 heteroatoms. The number of hydrogen-bond donors (Lipinski definition) is 1. The van der Waals surface area contributed by atoms with Gasteiger partial charge in [-0.15, -0.1) is 11.8 Å². The van der Waals surface area contributed by atoms with Crippen molar-refractivity contribution in [3.63, 3.8) is 0 Å². The summed E-state index contributed by atoms with van der Waals surface area (Å²) in [5.41, 5.74) is 1.07. The summed E-state index contributed by atoms with van der Waals surface area (Å²) in [4.78, 5) is 13.3. The zero-order valence-corrected chi connectivity index (χ0v) is 15.9. The predicted molar refractivity (Wildman–Crippen MR) is 104 cm³/mol. The van der Waals surface area contributed by atoms with E-state index in [-0.39, 0.29) is 5.91 Å². The number of thioether (sulfide) groups is 1. The van der Waals surface area contributed by atoms with Crippen LogP contribution in [-0.4, -0.2) is 39.4 Å². The Balaban J connectivity index is 1.88. The fourth-order valence-electron chi connectivity index (χ4n) is 2.34. The lowest BCUT2D eigenvalue weighted by Gasteiger charge is -2.20. The van der Waals surface area contributed by atoms with Crippen molar-refractivity contribution in [1.29, 1.82) is 0 Å². The highest BCUT2D eigenvalue weighted by Crippen LogP contribution is 2.18. The average Bonchev–Trinajstić information content (AvgIpc) is 2.59. The van der Waals surface area contributed by atoms with Crippen LogP contribution in [0.5, 0.6) is 0 Å². The van der Waals surface area contributed by atoms with Crippen LogP contribution in [0.3, 0.4) is 0 Å². The first kappa shape index (κ1) is 19.3. The highest BCUT2D eigenvalue weighted by atomic mass is 32.2. The van der Waals surface area contributed by atoms with Crippen LogP contribution in [0.1, 0.15) is 17.3 Å². The molecule has 0 fully saturated rings. The van der Waals surface area contributed by atoms with Gasteiger partial charge in [-0.3, -0.25) is 9.10 Å². The molecule has 134 valence electrons. The van der Waals surface area contributed by atoms with Gasteiger partial charge in [-0.2, -0.15) is 0 Å². The number of amides is 1. The molecule has 0 aromatic heterocycles. The van der Waals surface area contributed by atoms with Gasteiger partial charge >= 0.3 is 0 Å². The lowest BCUT2D eigenvalue weighted by atomic mass is 10.2. The van der Waals surface area contributed by atoms with Crippen molar-refractivity contribution in [3.05, 3.63) is 60.2 Å². The zero-order chi connectivity index (χ0) is 18.3. The molecule has 1 amide bonds. The Morgan fingerprint density at radius 3 is 2.28 bits per heavy atom. The molecular weight excluding hydrogens is 356 g/mol. The summed E-state index contributed by atoms with van der Waals surface area (Å²) in [6.07, 6.45) is 1.17. The maximum atomic E-state index is 12.2. The molecule has 2 rings (SSSR count). The van der Waals surface area contributed by atoms with Crippen molar-refractivity contribution >= 4 is 33.4 Å². The molecule has 0 saturated heterocycles. The van der Waals surface area contributed by atoms with Gasteiger partial charge < -0.3 is 5.32 Å². The van der Waals surface area contributed by atoms with Crippen molar-refractivity contribution < 1.29 is 13.2 Å². The van der Waals surface area contributed by atoms with E-state index >= 15 is 0 Å². The zero-order valence-electron chi connectivity index (χ0n) is 14.3. The molecule has 25 heavy (non-hydrogen) atoms. The van der Waals surface area contributed by atoms with E-state index in [0.29, 0.717) is 24.3 Å². The summed E-state index contributed by atoms with van der Waals surface area (Å²) in [5.74, 6) is 0.619. The van der Waals surface area contributed by atoms with Crippen molar-refractivity contribution in [2.45, 2.75) is 11.8 Å². The predicted octanol–water partition coefficient (Wildman–Crippen LogP) is 2.99. The van der Waals surface area contributed by atoms with Crippen molar-refractivity contribution in [1.82, 2.24) is 5.32 Å². The lowest BCUT2D eigenvalue weighted by Crippen LogP contribution is -2.29. The molecular formula is C18H22N2O3S2. The number of carbonyl (C=O) groups is 1. The fraction of sp³-hybridized carbons (Fsp3) is 0.278. The Bertz CT molecular complexity index is 791. The highest BCUT2D eigenvalue weighted by Gasteiger charge is 2.15. The molecule has 1 N–H and O–H groups in total. The molecule has 0 spiro atoms. The van der Waals surface area contributed by atoms with E-state index in [1.54, 1.807) is 43.0 Å². The third-order valence-electron chi connectivity index (χ3n) is 3.50. The van der Waals surface area contributed by atoms with Gasteiger partial charge in [0.1, 0.15) is 0 Å². The Hall–Kier alpha value is -1.99. The van der Waals surface area contributed by atoms with E-state index in [1.165, 1.54) is 15.5 Å². The summed E-state index contributed by atoms with van der Waals surface area (Å²) in [7, 11) is -3.32. The van der Waals surface area contributed by atoms with Crippen LogP contribution >= 0.6 is 11.8 Å². The second-order valence-corrected chi connectivity index (χ2v) is 8.47. The minimum atomic E-state index is -3.32. The highest BCUT2D eigenvalue weighted by molar-refractivity contribution is 7.99. The van der Waals surface area contributed by atoms with E-state index in [2.05, 4.69) is 5.32 Å². The molecule has 0 heterocycles. The molecule has 0 unspecified atom stereocenters. The van der Waals surface area contributed by atoms with Crippen LogP contribution < -0.4 is 9.62 Å². The van der Waals surface area contributed by atoms with Crippen LogP contribution in [0.15, 0.2) is 59.5 Å². The molecule has 0 saturated carbocycles. The quantitative estimate of drug-likeness (QED) is 0.566. The smallest absolute Gasteiger partial charge is 0.251 e. The maximum absolute atomic E-state index is 12.2. The van der Waals surface area contributed by atoms with E-state index in [9.17, 15) is 13.2 Å². The van der Waals surface area contributed by atoms with Gasteiger partial charge in [0.25, 0.3) is 5.91 Å². The number of benzene rings is 2. The van der Waals surface area contributed by atoms with Crippen LogP contribution in [0, 0.1) is 0 Å². The number of nitrogens with zero attached hydrogens (tertiary/aromatic N) is 1. The van der Waals surface area contributed by atoms with Crippen molar-refractivity contribution in [3.8, 4) is 0 Å². The monoisotopic (exact) mass is 378 g/mol. The third-order valence-corrected chi connectivity index (χ3v) is 5.79. The van der Waals surface area contributed by atoms with Gasteiger partial charge in [-0.1, -0.05) is 18.2 Å². The first-order chi connectivity index (χ1) is 11.9. The van der Waals surface area contributed by atoms with Gasteiger partial charge in [-0.05, 0) is 43.3 Å². The summed E-state index contributed by atoms with van der Waals surface area (Å²) in [5, 5.41) is 2.87. The molecule has 0 aliphatic rings. The number of anilines is 1. The Morgan fingerprint density at radius 1 is 1.08 bits per heavy atom. The van der Waals surface area contributed by atoms with Crippen LogP contribution in [0.2, 0.25) is 0 Å². The molecule has 5 nitrogen and oxygen atoms in total. The normalized spacial score (nSPS) is 11.1. The average molecular weight is 379 g/mol. The summed E-state index contributed by atoms with van der Waals surface area (Å²) in [6, 6.07) is 16.6. The van der Waals surface area contributed by atoms with Gasteiger partial charge in [0.15, 0.2) is 0 Å². The Kier molecular flexibility index (Phi) is 6.90. The summed E-state index contributed by atoms with van der Waals surface area (Å²) < 4.78 is 24.7. The fourth-order valence-corrected chi connectivity index (χ4v) is 4.10. The SMILES string of the molecule is CCN(c1ccc(C(=O)NCCSc2ccccc2)cc1)S(C)(=O)=O. The second kappa shape index (κ2) is 8.92. The maximum Gasteiger partial charge on any atom is 0.251 e. The number of sulfonamides is 1. The van der Waals surface area contributed by atoms with Gasteiger partial charge in [0, 0.05) is 29.3 Å². The minimum absolute atomic E-state index is 0.164. The molecule has 0 aliphatic heterocycles. The summed E-state index contributed by atoms with van der Waals surface area (Å²) in [6.45, 7) is 2.68. The Labute approximate surface area is 153 Å². The van der Waals surface area contributed by atoms with Crippen LogP contribution in [-0.2, 0) is 10.0 Å². The molecule has 0 bridgehead atoms. The molecule has 2 aromatic rings. The molecule has 0 atom stereocenters. The van der Waals surface area contributed by atoms with Crippen LogP contribution in [0.4, 0.5) is 5.69 Å². The van der Waals surface area contributed by atoms with Crippen molar-refractivity contribution in [2.75, 3.05) is 29.4 Å². The number of carbonyl (C=O) groups excluding carboxylic acids is 1. The third kappa shape index (κ3) is 5.79. The van der Waals surface area contributed by atoms with E-state index in [0.717, 1.165) is 5.75 Å². The number of nitrogens with one attached hydrogen (secondary N) is 1. The van der Waals surface area contributed by atoms with Gasteiger partial charge in [0.05, 0.1) is 11.9 Å². The van der Waals surface area contributed by atoms with Gasteiger partial charge in [0.2, 0.25) is 10.0 Å². The first-order valence-corrected chi connectivity index (χ1v) is 10.8. The lowest BCUT2D eigenvalue weighted by molar-refractivity contribution is 0.0956. The standard InChI is InChI=1S/C18H22N2O3S2/c1-3-20(25(2,22)23)16-11-9-15(10-12-16)18(21)19-13-14-24-17-7-5-4-6-8-17/h4-12H,3,13-14H2,1-2H3,(H,19,21). The largest absolute Gasteiger partial charge is 0.351 e. The van der Waals surface area contributed by atoms with Crippen molar-refractivity contribution in [2.24, 2.45) is 0 Å². The minimum Gasteiger partial charge on any atom is -0.351 e. The van der Waals surface area contributed by atoms with Crippen LogP contribution in [0.25, 0.3) is 0 Å². The molecule has 2 aromatic carbocycles. The van der Waals surface area contributed by atoms with Gasteiger partial charge in [-0.25, -0.2) is 8.42 Å². The number of hydrogen-bond acceptors (Lipinski definition) is 4. The molecule has 0 aliphatic carbocycles. The van der Waals surface area contributed by atoms with E-state index < -0.39 is 10.0 Å². The van der Waals surface area contributed by atoms with E-state index in [1.807, 2.05) is 30.3 Å². The Morgan fingerprint density at radius 2 is 1.72 bits per heavy atom. The topological polar surface area (TPSA) is 66.5 Å². The first-order valence-electron chi connectivity index (χ1n) is 7.95. The second-order valence-electron chi connectivity index (χ2n) is 5.39. The summed E-state index contributed by atoms with van der Waals surface area (Å²) >= 11 is 1.68. The molecule has 0 radical (unpaired) electrons.